The van der Waals surface area contributed by atoms with E-state index in [0.717, 1.165) is 70.6 Å². The monoisotopic (exact) mass is 917 g/mol. The smallest absolute Gasteiger partial charge is 0.338 e. The lowest BCUT2D eigenvalue weighted by atomic mass is 9.96. The number of aryl methyl sites for hydroxylation is 2. The minimum absolute atomic E-state index is 0.318. The van der Waals surface area contributed by atoms with Crippen molar-refractivity contribution >= 4 is 35.0 Å². The number of hydrogen-bond acceptors (Lipinski definition) is 6. The molecule has 360 valence electrons. The molecule has 0 atom stereocenters. The van der Waals surface area contributed by atoms with Gasteiger partial charge >= 0.3 is 11.9 Å². The molecule has 0 bridgehead atoms. The minimum Gasteiger partial charge on any atom is -0.462 e. The van der Waals surface area contributed by atoms with E-state index >= 15 is 0 Å². The summed E-state index contributed by atoms with van der Waals surface area (Å²) in [5.41, 5.74) is 8.77. The standard InChI is InChI=1S/C62H76O6/c1-5-7-9-11-13-15-17-19-21-23-41-65-61(63)53-37-33-51(34-38-53)59-45-56(55-43-57(49-29-25-47(3)26-30-49)67-58(44-55)50-31-27-48(4)28-32-50)46-60(68-59)52-35-39-54(40-36-52)62(64)66-42-24-22-20-18-16-14-12-10-8-6-2/h25-40,43-46H,5-24,41-42H2,1-4H3. The first-order chi connectivity index (χ1) is 33.3. The Morgan fingerprint density at radius 1 is 0.353 bits per heavy atom. The molecule has 0 fully saturated rings. The van der Waals surface area contributed by atoms with Gasteiger partial charge in [-0.2, -0.15) is 0 Å². The maximum absolute atomic E-state index is 13.1. The van der Waals surface area contributed by atoms with E-state index in [1.807, 2.05) is 36.4 Å². The molecule has 0 saturated heterocycles. The van der Waals surface area contributed by atoms with Gasteiger partial charge in [0.1, 0.15) is 23.0 Å². The summed E-state index contributed by atoms with van der Waals surface area (Å²) in [7, 11) is 0. The van der Waals surface area contributed by atoms with Crippen molar-refractivity contribution < 1.29 is 28.5 Å². The molecule has 0 aliphatic carbocycles. The van der Waals surface area contributed by atoms with Crippen LogP contribution in [0.5, 0.6) is 0 Å². The van der Waals surface area contributed by atoms with Gasteiger partial charge in [-0.15, -0.1) is 0 Å². The number of esters is 2. The summed E-state index contributed by atoms with van der Waals surface area (Å²) in [5.74, 6) is 2.09. The van der Waals surface area contributed by atoms with E-state index in [4.69, 9.17) is 18.9 Å². The van der Waals surface area contributed by atoms with Crippen LogP contribution < -0.4 is 0 Å². The average Bonchev–Trinajstić information content (AvgIpc) is 3.37. The van der Waals surface area contributed by atoms with E-state index in [1.165, 1.54) is 114 Å². The number of ether oxygens (including phenoxy) is 4. The number of allylic oxidation sites excluding steroid dienone is 6. The fraction of sp³-hybridized carbons (Fsp3) is 0.419. The van der Waals surface area contributed by atoms with Gasteiger partial charge in [0.15, 0.2) is 0 Å². The van der Waals surface area contributed by atoms with Crippen molar-refractivity contribution in [1.82, 2.24) is 0 Å². The fourth-order valence-electron chi connectivity index (χ4n) is 8.56. The van der Waals surface area contributed by atoms with Gasteiger partial charge in [-0.1, -0.05) is 213 Å². The second-order valence-electron chi connectivity index (χ2n) is 18.7. The minimum atomic E-state index is -0.318. The second-order valence-corrected chi connectivity index (χ2v) is 18.7. The van der Waals surface area contributed by atoms with Crippen LogP contribution in [0.4, 0.5) is 0 Å². The summed E-state index contributed by atoms with van der Waals surface area (Å²) >= 11 is 0. The fourth-order valence-corrected chi connectivity index (χ4v) is 8.56. The Balaban J connectivity index is 1.18. The Labute approximate surface area is 408 Å². The molecule has 0 radical (unpaired) electrons. The quantitative estimate of drug-likeness (QED) is 0.0418. The topological polar surface area (TPSA) is 71.1 Å². The van der Waals surface area contributed by atoms with Gasteiger partial charge in [-0.05, 0) is 86.4 Å². The highest BCUT2D eigenvalue weighted by molar-refractivity contribution is 5.91. The van der Waals surface area contributed by atoms with E-state index in [0.29, 0.717) is 35.9 Å². The molecule has 0 saturated carbocycles. The third kappa shape index (κ3) is 16.7. The number of hydrogen-bond donors (Lipinski definition) is 0. The maximum atomic E-state index is 13.1. The lowest BCUT2D eigenvalue weighted by molar-refractivity contribution is 0.0488. The Kier molecular flexibility index (Phi) is 21.6. The summed E-state index contributed by atoms with van der Waals surface area (Å²) in [6, 6.07) is 31.6. The van der Waals surface area contributed by atoms with Crippen molar-refractivity contribution in [3.63, 3.8) is 0 Å². The lowest BCUT2D eigenvalue weighted by Gasteiger charge is -2.23. The summed E-state index contributed by atoms with van der Waals surface area (Å²) in [6.45, 7) is 9.51. The third-order valence-electron chi connectivity index (χ3n) is 12.9. The first-order valence-corrected chi connectivity index (χ1v) is 26.0. The van der Waals surface area contributed by atoms with Crippen molar-refractivity contribution in [2.45, 2.75) is 156 Å². The summed E-state index contributed by atoms with van der Waals surface area (Å²) < 4.78 is 24.7. The van der Waals surface area contributed by atoms with Gasteiger partial charge in [-0.25, -0.2) is 9.59 Å². The first-order valence-electron chi connectivity index (χ1n) is 26.0. The van der Waals surface area contributed by atoms with Crippen LogP contribution in [0.2, 0.25) is 0 Å². The van der Waals surface area contributed by atoms with Gasteiger partial charge in [-0.3, -0.25) is 0 Å². The highest BCUT2D eigenvalue weighted by Gasteiger charge is 2.22. The molecule has 4 aromatic carbocycles. The highest BCUT2D eigenvalue weighted by Crippen LogP contribution is 2.38. The highest BCUT2D eigenvalue weighted by atomic mass is 16.5. The number of carbonyl (C=O) groups is 2. The molecule has 6 nitrogen and oxygen atoms in total. The van der Waals surface area contributed by atoms with Crippen LogP contribution in [-0.4, -0.2) is 25.2 Å². The second kappa shape index (κ2) is 28.4. The van der Waals surface area contributed by atoms with Gasteiger partial charge < -0.3 is 18.9 Å². The van der Waals surface area contributed by atoms with Crippen LogP contribution in [-0.2, 0) is 18.9 Å². The van der Waals surface area contributed by atoms with Crippen molar-refractivity contribution in [1.29, 1.82) is 0 Å². The van der Waals surface area contributed by atoms with Crippen molar-refractivity contribution in [3.05, 3.63) is 177 Å². The Morgan fingerprint density at radius 2 is 0.603 bits per heavy atom. The van der Waals surface area contributed by atoms with Crippen molar-refractivity contribution in [3.8, 4) is 0 Å². The number of unbranched alkanes of at least 4 members (excludes halogenated alkanes) is 18. The number of carbonyl (C=O) groups excluding carboxylic acids is 2. The lowest BCUT2D eigenvalue weighted by Crippen LogP contribution is -2.08. The molecule has 4 aromatic rings. The molecule has 6 rings (SSSR count). The molecule has 0 amide bonds. The normalized spacial score (nSPS) is 13.5. The van der Waals surface area contributed by atoms with Crippen molar-refractivity contribution in [2.24, 2.45) is 0 Å². The number of rotatable bonds is 28. The van der Waals surface area contributed by atoms with Crippen LogP contribution in [0.3, 0.4) is 0 Å². The average molecular weight is 917 g/mol. The van der Waals surface area contributed by atoms with E-state index in [-0.39, 0.29) is 11.9 Å². The van der Waals surface area contributed by atoms with E-state index < -0.39 is 0 Å². The van der Waals surface area contributed by atoms with Crippen LogP contribution >= 0.6 is 0 Å². The maximum Gasteiger partial charge on any atom is 0.338 e. The molecule has 0 N–H and O–H groups in total. The predicted octanol–water partition coefficient (Wildman–Crippen LogP) is 17.3. The largest absolute Gasteiger partial charge is 0.462 e. The molecule has 0 unspecified atom stereocenters. The van der Waals surface area contributed by atoms with E-state index in [9.17, 15) is 9.59 Å². The number of benzene rings is 4. The molecule has 2 aliphatic heterocycles. The molecular formula is C62H76O6. The van der Waals surface area contributed by atoms with E-state index in [1.54, 1.807) is 24.3 Å². The van der Waals surface area contributed by atoms with Gasteiger partial charge in [0.2, 0.25) is 0 Å². The molecule has 0 aromatic heterocycles. The zero-order valence-corrected chi connectivity index (χ0v) is 41.6. The summed E-state index contributed by atoms with van der Waals surface area (Å²) in [6.07, 6.45) is 32.8. The van der Waals surface area contributed by atoms with Gasteiger partial charge in [0.05, 0.1) is 24.3 Å². The zero-order valence-electron chi connectivity index (χ0n) is 41.6. The van der Waals surface area contributed by atoms with Crippen LogP contribution in [0.1, 0.15) is 196 Å². The molecular weight excluding hydrogens is 841 g/mol. The van der Waals surface area contributed by atoms with Crippen LogP contribution in [0.15, 0.2) is 133 Å². The van der Waals surface area contributed by atoms with Gasteiger partial charge in [0.25, 0.3) is 0 Å². The van der Waals surface area contributed by atoms with Crippen molar-refractivity contribution in [2.75, 3.05) is 13.2 Å². The third-order valence-corrected chi connectivity index (χ3v) is 12.9. The first kappa shape index (κ1) is 51.5. The molecule has 68 heavy (non-hydrogen) atoms. The molecule has 2 aliphatic rings. The molecule has 0 spiro atoms. The Bertz CT molecular complexity index is 2180. The van der Waals surface area contributed by atoms with Crippen LogP contribution in [0.25, 0.3) is 23.0 Å². The predicted molar refractivity (Wildman–Crippen MR) is 281 cm³/mol. The van der Waals surface area contributed by atoms with Crippen LogP contribution in [0, 0.1) is 13.8 Å². The zero-order chi connectivity index (χ0) is 47.8. The Morgan fingerprint density at radius 3 is 0.882 bits per heavy atom. The van der Waals surface area contributed by atoms with Gasteiger partial charge in [0, 0.05) is 22.3 Å². The Hall–Kier alpha value is -5.88. The summed E-state index contributed by atoms with van der Waals surface area (Å²) in [5, 5.41) is 0. The summed E-state index contributed by atoms with van der Waals surface area (Å²) in [4.78, 5) is 26.2. The SMILES string of the molecule is CCCCCCCCCCCCOC(=O)c1ccc(C2=CC(=C3C=C(c4ccc(C)cc4)OC(c4ccc(C)cc4)=C3)C=C(c3ccc(C(=O)OCCCCCCCCCCCC)cc3)O2)cc1. The molecule has 2 heterocycles. The molecule has 6 heteroatoms. The van der Waals surface area contributed by atoms with E-state index in [2.05, 4.69) is 88.4 Å².